The van der Waals surface area contributed by atoms with Crippen LogP contribution in [0, 0.1) is 5.92 Å². The van der Waals surface area contributed by atoms with Crippen molar-refractivity contribution in [1.29, 1.82) is 0 Å². The molecule has 1 rings (SSSR count). The van der Waals surface area contributed by atoms with E-state index >= 15 is 0 Å². The lowest BCUT2D eigenvalue weighted by atomic mass is 10.5. The molecule has 0 aromatic rings. The first-order valence-corrected chi connectivity index (χ1v) is 9.68. The second-order valence-electron chi connectivity index (χ2n) is 5.47. The van der Waals surface area contributed by atoms with E-state index in [1.165, 1.54) is 12.8 Å². The molecule has 22 heavy (non-hydrogen) atoms. The summed E-state index contributed by atoms with van der Waals surface area (Å²) in [6.45, 7) is 7.43. The molecule has 130 valence electrons. The van der Waals surface area contributed by atoms with Gasteiger partial charge in [0, 0.05) is 33.3 Å². The smallest absolute Gasteiger partial charge is 0.211 e. The van der Waals surface area contributed by atoms with Crippen molar-refractivity contribution >= 4 is 16.0 Å². The van der Waals surface area contributed by atoms with Gasteiger partial charge in [-0.05, 0) is 32.6 Å². The van der Waals surface area contributed by atoms with Crippen molar-refractivity contribution in [3.05, 3.63) is 0 Å². The van der Waals surface area contributed by atoms with Crippen LogP contribution in [0.1, 0.15) is 26.7 Å². The highest BCUT2D eigenvalue weighted by molar-refractivity contribution is 7.89. The fraction of sp³-hybridized carbons (Fsp3) is 0.929. The Bertz CT molecular complexity index is 435. The number of ether oxygens (including phenoxy) is 1. The second kappa shape index (κ2) is 10.0. The van der Waals surface area contributed by atoms with Gasteiger partial charge in [0.05, 0.1) is 18.9 Å². The lowest BCUT2D eigenvalue weighted by Crippen LogP contribution is -2.41. The molecule has 0 saturated heterocycles. The summed E-state index contributed by atoms with van der Waals surface area (Å²) in [7, 11) is -1.19. The van der Waals surface area contributed by atoms with Gasteiger partial charge >= 0.3 is 0 Å². The lowest BCUT2D eigenvalue weighted by Gasteiger charge is -2.22. The summed E-state index contributed by atoms with van der Waals surface area (Å²) in [6.07, 6.45) is 2.60. The van der Waals surface area contributed by atoms with Gasteiger partial charge in [-0.15, -0.1) is 0 Å². The van der Waals surface area contributed by atoms with Crippen LogP contribution >= 0.6 is 0 Å². The monoisotopic (exact) mass is 334 g/mol. The van der Waals surface area contributed by atoms with Gasteiger partial charge in [0.1, 0.15) is 0 Å². The van der Waals surface area contributed by atoms with Gasteiger partial charge in [-0.25, -0.2) is 13.1 Å². The molecule has 2 N–H and O–H groups in total. The number of nitrogens with one attached hydrogen (secondary N) is 2. The number of nitrogens with zero attached hydrogens (tertiary/aromatic N) is 2. The molecule has 1 saturated carbocycles. The maximum Gasteiger partial charge on any atom is 0.211 e. The maximum atomic E-state index is 11.3. The minimum atomic E-state index is -3.14. The number of hydrogen-bond acceptors (Lipinski definition) is 4. The van der Waals surface area contributed by atoms with Gasteiger partial charge in [-0.1, -0.05) is 0 Å². The third-order valence-corrected chi connectivity index (χ3v) is 4.80. The molecule has 0 atom stereocenters. The van der Waals surface area contributed by atoms with Gasteiger partial charge in [0.25, 0.3) is 0 Å². The third kappa shape index (κ3) is 8.55. The predicted octanol–water partition coefficient (Wildman–Crippen LogP) is 0.250. The Morgan fingerprint density at radius 2 is 2.09 bits per heavy atom. The molecule has 0 amide bonds. The molecule has 0 unspecified atom stereocenters. The molecule has 1 aliphatic rings. The predicted molar refractivity (Wildman–Crippen MR) is 89.6 cm³/mol. The summed E-state index contributed by atoms with van der Waals surface area (Å²) in [5, 5.41) is 3.20. The third-order valence-electron chi connectivity index (χ3n) is 3.39. The first-order chi connectivity index (χ1) is 10.5. The normalized spacial score (nSPS) is 15.9. The first-order valence-electron chi connectivity index (χ1n) is 8.03. The van der Waals surface area contributed by atoms with Crippen molar-refractivity contribution in [3.63, 3.8) is 0 Å². The van der Waals surface area contributed by atoms with Crippen molar-refractivity contribution in [1.82, 2.24) is 14.9 Å². The van der Waals surface area contributed by atoms with Crippen LogP contribution in [0.3, 0.4) is 0 Å². The van der Waals surface area contributed by atoms with Crippen molar-refractivity contribution in [2.75, 3.05) is 52.2 Å². The molecule has 1 fully saturated rings. The molecular weight excluding hydrogens is 304 g/mol. The highest BCUT2D eigenvalue weighted by Gasteiger charge is 2.21. The highest BCUT2D eigenvalue weighted by atomic mass is 32.2. The van der Waals surface area contributed by atoms with Crippen LogP contribution in [0.2, 0.25) is 0 Å². The average molecular weight is 334 g/mol. The van der Waals surface area contributed by atoms with Gasteiger partial charge in [0.2, 0.25) is 10.0 Å². The van der Waals surface area contributed by atoms with Crippen molar-refractivity contribution in [2.45, 2.75) is 26.7 Å². The van der Waals surface area contributed by atoms with Crippen molar-refractivity contribution in [3.8, 4) is 0 Å². The second-order valence-corrected chi connectivity index (χ2v) is 7.57. The fourth-order valence-electron chi connectivity index (χ4n) is 1.78. The molecule has 0 aromatic carbocycles. The van der Waals surface area contributed by atoms with E-state index in [9.17, 15) is 8.42 Å². The standard InChI is InChI=1S/C14H30N4O3S/c1-4-15-14(16-8-9-17-22(19,20)5-2)18(3)10-11-21-12-13-6-7-13/h13,17H,4-12H2,1-3H3,(H,15,16). The molecular formula is C14H30N4O3S. The summed E-state index contributed by atoms with van der Waals surface area (Å²) in [6, 6.07) is 0. The Hall–Kier alpha value is -0.860. The van der Waals surface area contributed by atoms with E-state index in [0.29, 0.717) is 19.7 Å². The summed E-state index contributed by atoms with van der Waals surface area (Å²) >= 11 is 0. The lowest BCUT2D eigenvalue weighted by molar-refractivity contribution is 0.115. The average Bonchev–Trinajstić information content (AvgIpc) is 3.31. The molecule has 0 aliphatic heterocycles. The summed E-state index contributed by atoms with van der Waals surface area (Å²) in [5.41, 5.74) is 0. The van der Waals surface area contributed by atoms with E-state index in [1.807, 2.05) is 18.9 Å². The summed E-state index contributed by atoms with van der Waals surface area (Å²) in [4.78, 5) is 6.43. The van der Waals surface area contributed by atoms with Crippen LogP contribution in [0.5, 0.6) is 0 Å². The molecule has 0 radical (unpaired) electrons. The van der Waals surface area contributed by atoms with E-state index in [1.54, 1.807) is 6.92 Å². The summed E-state index contributed by atoms with van der Waals surface area (Å²) < 4.78 is 30.8. The van der Waals surface area contributed by atoms with Crippen LogP contribution in [-0.4, -0.2) is 71.5 Å². The van der Waals surface area contributed by atoms with E-state index in [-0.39, 0.29) is 5.75 Å². The zero-order chi connectivity index (χ0) is 16.4. The number of likely N-dealkylation sites (N-methyl/N-ethyl adjacent to an activating group) is 1. The van der Waals surface area contributed by atoms with E-state index < -0.39 is 10.0 Å². The molecule has 0 heterocycles. The summed E-state index contributed by atoms with van der Waals surface area (Å²) in [5.74, 6) is 1.64. The van der Waals surface area contributed by atoms with Crippen LogP contribution in [0.25, 0.3) is 0 Å². The van der Waals surface area contributed by atoms with E-state index in [2.05, 4.69) is 15.0 Å². The van der Waals surface area contributed by atoms with E-state index in [4.69, 9.17) is 4.74 Å². The minimum absolute atomic E-state index is 0.0923. The molecule has 0 aromatic heterocycles. The number of hydrogen-bond donors (Lipinski definition) is 2. The van der Waals surface area contributed by atoms with Gasteiger partial charge in [0.15, 0.2) is 5.96 Å². The Balaban J connectivity index is 2.28. The number of rotatable bonds is 11. The van der Waals surface area contributed by atoms with Crippen LogP contribution < -0.4 is 10.0 Å². The van der Waals surface area contributed by atoms with Crippen LogP contribution in [-0.2, 0) is 14.8 Å². The number of sulfonamides is 1. The zero-order valence-electron chi connectivity index (χ0n) is 14.0. The molecule has 0 spiro atoms. The largest absolute Gasteiger partial charge is 0.379 e. The minimum Gasteiger partial charge on any atom is -0.379 e. The SMILES string of the molecule is CCNC(=NCCNS(=O)(=O)CC)N(C)CCOCC1CC1. The fourth-order valence-corrected chi connectivity index (χ4v) is 2.38. The van der Waals surface area contributed by atoms with Crippen molar-refractivity contribution < 1.29 is 13.2 Å². The Labute approximate surface area is 134 Å². The highest BCUT2D eigenvalue weighted by Crippen LogP contribution is 2.28. The number of guanidine groups is 1. The Morgan fingerprint density at radius 3 is 2.68 bits per heavy atom. The molecule has 0 bridgehead atoms. The quantitative estimate of drug-likeness (QED) is 0.321. The first kappa shape index (κ1) is 19.2. The van der Waals surface area contributed by atoms with Gasteiger partial charge in [-0.2, -0.15) is 0 Å². The van der Waals surface area contributed by atoms with E-state index in [0.717, 1.165) is 31.6 Å². The van der Waals surface area contributed by atoms with Crippen molar-refractivity contribution in [2.24, 2.45) is 10.9 Å². The maximum absolute atomic E-state index is 11.3. The zero-order valence-corrected chi connectivity index (χ0v) is 14.8. The van der Waals surface area contributed by atoms with Gasteiger partial charge in [-0.3, -0.25) is 4.99 Å². The molecule has 8 heteroatoms. The molecule has 1 aliphatic carbocycles. The Morgan fingerprint density at radius 1 is 1.36 bits per heavy atom. The van der Waals surface area contributed by atoms with Crippen LogP contribution in [0.4, 0.5) is 0 Å². The number of aliphatic imine (C=N–C) groups is 1. The molecule has 7 nitrogen and oxygen atoms in total. The topological polar surface area (TPSA) is 83.0 Å². The van der Waals surface area contributed by atoms with Crippen LogP contribution in [0.15, 0.2) is 4.99 Å². The Kier molecular flexibility index (Phi) is 8.74. The van der Waals surface area contributed by atoms with Gasteiger partial charge < -0.3 is 15.0 Å².